The lowest BCUT2D eigenvalue weighted by Crippen LogP contribution is -2.09. The summed E-state index contributed by atoms with van der Waals surface area (Å²) in [5.41, 5.74) is 2.35. The third-order valence-electron chi connectivity index (χ3n) is 4.43. The van der Waals surface area contributed by atoms with Crippen molar-refractivity contribution in [1.29, 1.82) is 0 Å². The SMILES string of the molecule is O=C(/C=C/c1nc2ccccc2o1)Nc1ccccc1SC1CCCC1. The number of rotatable bonds is 5. The van der Waals surface area contributed by atoms with Crippen molar-refractivity contribution >= 4 is 40.5 Å². The predicted molar refractivity (Wildman–Crippen MR) is 106 cm³/mol. The molecule has 3 aromatic rings. The van der Waals surface area contributed by atoms with Crippen molar-refractivity contribution in [2.24, 2.45) is 0 Å². The van der Waals surface area contributed by atoms with Crippen LogP contribution in [0.3, 0.4) is 0 Å². The van der Waals surface area contributed by atoms with Gasteiger partial charge in [-0.05, 0) is 37.1 Å². The van der Waals surface area contributed by atoms with Crippen molar-refractivity contribution in [3.05, 3.63) is 60.5 Å². The monoisotopic (exact) mass is 364 g/mol. The Labute approximate surface area is 156 Å². The van der Waals surface area contributed by atoms with Gasteiger partial charge in [-0.15, -0.1) is 11.8 Å². The molecule has 1 heterocycles. The number of para-hydroxylation sites is 3. The van der Waals surface area contributed by atoms with Gasteiger partial charge in [0, 0.05) is 22.3 Å². The van der Waals surface area contributed by atoms with Crippen LogP contribution in [0.25, 0.3) is 17.2 Å². The van der Waals surface area contributed by atoms with Crippen LogP contribution >= 0.6 is 11.8 Å². The van der Waals surface area contributed by atoms with Gasteiger partial charge in [-0.2, -0.15) is 0 Å². The summed E-state index contributed by atoms with van der Waals surface area (Å²) in [4.78, 5) is 17.8. The summed E-state index contributed by atoms with van der Waals surface area (Å²) in [6.07, 6.45) is 8.18. The second-order valence-corrected chi connectivity index (χ2v) is 7.71. The molecule has 0 saturated heterocycles. The number of carbonyl (C=O) groups excluding carboxylic acids is 1. The summed E-state index contributed by atoms with van der Waals surface area (Å²) in [7, 11) is 0. The van der Waals surface area contributed by atoms with Gasteiger partial charge >= 0.3 is 0 Å². The zero-order chi connectivity index (χ0) is 17.8. The van der Waals surface area contributed by atoms with Crippen molar-refractivity contribution in [1.82, 2.24) is 4.98 Å². The smallest absolute Gasteiger partial charge is 0.248 e. The number of anilines is 1. The molecule has 5 heteroatoms. The number of hydrogen-bond donors (Lipinski definition) is 1. The van der Waals surface area contributed by atoms with Crippen LogP contribution in [0.15, 0.2) is 63.9 Å². The highest BCUT2D eigenvalue weighted by Crippen LogP contribution is 2.38. The Morgan fingerprint density at radius 2 is 1.88 bits per heavy atom. The first kappa shape index (κ1) is 16.9. The van der Waals surface area contributed by atoms with Crippen LogP contribution in [-0.4, -0.2) is 16.1 Å². The Morgan fingerprint density at radius 1 is 1.12 bits per heavy atom. The van der Waals surface area contributed by atoms with E-state index in [0.717, 1.165) is 16.1 Å². The van der Waals surface area contributed by atoms with E-state index in [9.17, 15) is 4.79 Å². The highest BCUT2D eigenvalue weighted by atomic mass is 32.2. The topological polar surface area (TPSA) is 55.1 Å². The lowest BCUT2D eigenvalue weighted by Gasteiger charge is -2.13. The number of fused-ring (bicyclic) bond motifs is 1. The zero-order valence-corrected chi connectivity index (χ0v) is 15.2. The minimum Gasteiger partial charge on any atom is -0.437 e. The van der Waals surface area contributed by atoms with Crippen LogP contribution in [0, 0.1) is 0 Å². The van der Waals surface area contributed by atoms with Gasteiger partial charge in [0.05, 0.1) is 5.69 Å². The van der Waals surface area contributed by atoms with Crippen LogP contribution in [-0.2, 0) is 4.79 Å². The van der Waals surface area contributed by atoms with Crippen molar-refractivity contribution in [3.8, 4) is 0 Å². The highest BCUT2D eigenvalue weighted by Gasteiger charge is 2.17. The van der Waals surface area contributed by atoms with Crippen LogP contribution in [0.5, 0.6) is 0 Å². The van der Waals surface area contributed by atoms with E-state index in [1.165, 1.54) is 31.8 Å². The molecule has 0 radical (unpaired) electrons. The van der Waals surface area contributed by atoms with E-state index in [-0.39, 0.29) is 5.91 Å². The average Bonchev–Trinajstić information content (AvgIpc) is 3.30. The maximum atomic E-state index is 12.3. The number of nitrogens with one attached hydrogen (secondary N) is 1. The van der Waals surface area contributed by atoms with E-state index < -0.39 is 0 Å². The molecule has 1 aromatic heterocycles. The first-order chi connectivity index (χ1) is 12.8. The van der Waals surface area contributed by atoms with Gasteiger partial charge in [0.1, 0.15) is 5.52 Å². The Bertz CT molecular complexity index is 909. The number of thioether (sulfide) groups is 1. The minimum absolute atomic E-state index is 0.188. The maximum absolute atomic E-state index is 12.3. The fourth-order valence-corrected chi connectivity index (χ4v) is 4.47. The van der Waals surface area contributed by atoms with Crippen LogP contribution in [0.4, 0.5) is 5.69 Å². The van der Waals surface area contributed by atoms with Crippen molar-refractivity contribution < 1.29 is 9.21 Å². The maximum Gasteiger partial charge on any atom is 0.248 e. The van der Waals surface area contributed by atoms with Gasteiger partial charge in [0.15, 0.2) is 5.58 Å². The second kappa shape index (κ2) is 7.79. The lowest BCUT2D eigenvalue weighted by molar-refractivity contribution is -0.111. The number of oxazole rings is 1. The summed E-state index contributed by atoms with van der Waals surface area (Å²) >= 11 is 1.87. The largest absolute Gasteiger partial charge is 0.437 e. The molecule has 0 unspecified atom stereocenters. The molecule has 1 aliphatic carbocycles. The number of amides is 1. The van der Waals surface area contributed by atoms with E-state index >= 15 is 0 Å². The highest BCUT2D eigenvalue weighted by molar-refractivity contribution is 8.00. The van der Waals surface area contributed by atoms with Crippen molar-refractivity contribution in [3.63, 3.8) is 0 Å². The second-order valence-electron chi connectivity index (χ2n) is 6.36. The van der Waals surface area contributed by atoms with Gasteiger partial charge in [-0.25, -0.2) is 4.98 Å². The molecule has 0 aliphatic heterocycles. The van der Waals surface area contributed by atoms with E-state index in [1.807, 2.05) is 54.2 Å². The van der Waals surface area contributed by atoms with Gasteiger partial charge in [0.2, 0.25) is 11.8 Å². The fourth-order valence-electron chi connectivity index (χ4n) is 3.14. The quantitative estimate of drug-likeness (QED) is 0.606. The molecule has 1 N–H and O–H groups in total. The number of aromatic nitrogens is 1. The molecule has 4 nitrogen and oxygen atoms in total. The number of hydrogen-bond acceptors (Lipinski definition) is 4. The molecule has 0 atom stereocenters. The standard InChI is InChI=1S/C21H20N2O2S/c24-20(13-14-21-23-16-9-3-5-11-18(16)25-21)22-17-10-4-6-12-19(17)26-15-7-1-2-8-15/h3-6,9-15H,1-2,7-8H2,(H,22,24)/b14-13+. The predicted octanol–water partition coefficient (Wildman–Crippen LogP) is 5.51. The zero-order valence-electron chi connectivity index (χ0n) is 14.4. The summed E-state index contributed by atoms with van der Waals surface area (Å²) < 4.78 is 5.60. The van der Waals surface area contributed by atoms with Crippen LogP contribution in [0.1, 0.15) is 31.6 Å². The number of nitrogens with zero attached hydrogens (tertiary/aromatic N) is 1. The summed E-state index contributed by atoms with van der Waals surface area (Å²) in [6.45, 7) is 0. The summed E-state index contributed by atoms with van der Waals surface area (Å²) in [5.74, 6) is 0.238. The molecular weight excluding hydrogens is 344 g/mol. The molecule has 0 spiro atoms. The van der Waals surface area contributed by atoms with Gasteiger partial charge in [0.25, 0.3) is 0 Å². The van der Waals surface area contributed by atoms with Gasteiger partial charge < -0.3 is 9.73 Å². The molecule has 2 aromatic carbocycles. The molecule has 1 fully saturated rings. The Kier molecular flexibility index (Phi) is 5.07. The molecule has 4 rings (SSSR count). The summed E-state index contributed by atoms with van der Waals surface area (Å²) in [6, 6.07) is 15.5. The molecular formula is C21H20N2O2S. The van der Waals surface area contributed by atoms with Crippen LogP contribution < -0.4 is 5.32 Å². The van der Waals surface area contributed by atoms with E-state index in [4.69, 9.17) is 4.42 Å². The van der Waals surface area contributed by atoms with Gasteiger partial charge in [-0.1, -0.05) is 37.1 Å². The van der Waals surface area contributed by atoms with Gasteiger partial charge in [-0.3, -0.25) is 4.79 Å². The Hall–Kier alpha value is -2.53. The van der Waals surface area contributed by atoms with E-state index in [2.05, 4.69) is 16.4 Å². The summed E-state index contributed by atoms with van der Waals surface area (Å²) in [5, 5.41) is 3.63. The first-order valence-electron chi connectivity index (χ1n) is 8.88. The van der Waals surface area contributed by atoms with Crippen LogP contribution in [0.2, 0.25) is 0 Å². The Morgan fingerprint density at radius 3 is 2.73 bits per heavy atom. The number of benzene rings is 2. The molecule has 1 saturated carbocycles. The third-order valence-corrected chi connectivity index (χ3v) is 5.84. The van der Waals surface area contributed by atoms with Crippen molar-refractivity contribution in [2.45, 2.75) is 35.8 Å². The third kappa shape index (κ3) is 3.99. The average molecular weight is 364 g/mol. The number of carbonyl (C=O) groups is 1. The minimum atomic E-state index is -0.188. The lowest BCUT2D eigenvalue weighted by atomic mass is 10.3. The normalized spacial score (nSPS) is 15.1. The van der Waals surface area contributed by atoms with Crippen molar-refractivity contribution in [2.75, 3.05) is 5.32 Å². The molecule has 132 valence electrons. The van der Waals surface area contributed by atoms with E-state index in [0.29, 0.717) is 16.7 Å². The molecule has 26 heavy (non-hydrogen) atoms. The first-order valence-corrected chi connectivity index (χ1v) is 9.76. The molecule has 1 aliphatic rings. The fraction of sp³-hybridized carbons (Fsp3) is 0.238. The Balaban J connectivity index is 1.44. The van der Waals surface area contributed by atoms with E-state index in [1.54, 1.807) is 6.08 Å². The molecule has 0 bridgehead atoms. The molecule has 1 amide bonds.